The van der Waals surface area contributed by atoms with Crippen LogP contribution in [0.15, 0.2) is 72.9 Å². The summed E-state index contributed by atoms with van der Waals surface area (Å²) >= 11 is 0. The Morgan fingerprint density at radius 1 is 0.426 bits per heavy atom. The lowest BCUT2D eigenvalue weighted by Crippen LogP contribution is -2.30. The van der Waals surface area contributed by atoms with Gasteiger partial charge in [-0.05, 0) is 83.5 Å². The first-order valence-corrected chi connectivity index (χ1v) is 28.3. The molecule has 0 aromatic heterocycles. The van der Waals surface area contributed by atoms with Crippen molar-refractivity contribution in [3.63, 3.8) is 0 Å². The second-order valence-corrected chi connectivity index (χ2v) is 19.1. The fourth-order valence-electron chi connectivity index (χ4n) is 7.09. The standard InChI is InChI=1S/C56H97O11P/c1-4-7-10-13-16-19-21-23-25-26-28-29-31-34-36-39-42-45-54(58)63-49-53(67-56(60)47-44-41-38-35-32-30-27-24-22-20-17-14-11-8-5-2)51-65-68(61,62)64-50-52(48-57)66-55(59)46-43-40-37-33-18-15-12-9-6-3/h7-8,10-11,16-17,19-20,23-25,27,52-53,57H,4-6,9,12-15,18,21-22,26,28-51H2,1-3H3,(H,61,62)/b10-7-,11-8-,19-16-,20-17-,25-23-,27-24-. The number of esters is 3. The Morgan fingerprint density at radius 3 is 1.18 bits per heavy atom. The number of carbonyl (C=O) groups excluding carboxylic acids is 3. The third kappa shape index (κ3) is 48.0. The average Bonchev–Trinajstić information content (AvgIpc) is 3.32. The minimum absolute atomic E-state index is 0.145. The SMILES string of the molecule is CC/C=C\C/C=C\C/C=C\CCCCCCCCCC(=O)OCC(COP(=O)(O)OCC(CO)OC(=O)CCCCCCCCCCC)OC(=O)CCCCCCC/C=C\C/C=C\C/C=C\CC. The highest BCUT2D eigenvalue weighted by atomic mass is 31.2. The molecule has 0 spiro atoms. The second-order valence-electron chi connectivity index (χ2n) is 17.6. The van der Waals surface area contributed by atoms with E-state index in [0.29, 0.717) is 19.3 Å². The number of carbonyl (C=O) groups is 3. The molecule has 0 amide bonds. The van der Waals surface area contributed by atoms with Gasteiger partial charge in [-0.2, -0.15) is 0 Å². The van der Waals surface area contributed by atoms with Gasteiger partial charge in [-0.15, -0.1) is 0 Å². The molecule has 0 heterocycles. The van der Waals surface area contributed by atoms with Crippen LogP contribution in [0, 0.1) is 0 Å². The summed E-state index contributed by atoms with van der Waals surface area (Å²) < 4.78 is 39.3. The van der Waals surface area contributed by atoms with Gasteiger partial charge in [0.25, 0.3) is 0 Å². The molecule has 0 saturated carbocycles. The number of phosphoric acid groups is 1. The number of allylic oxidation sites excluding steroid dienone is 12. The largest absolute Gasteiger partial charge is 0.472 e. The van der Waals surface area contributed by atoms with Crippen LogP contribution in [0.3, 0.4) is 0 Å². The molecule has 68 heavy (non-hydrogen) atoms. The van der Waals surface area contributed by atoms with Gasteiger partial charge in [0.1, 0.15) is 12.7 Å². The topological polar surface area (TPSA) is 155 Å². The summed E-state index contributed by atoms with van der Waals surface area (Å²) in [6.45, 7) is 4.36. The molecule has 0 radical (unpaired) electrons. The molecule has 12 heteroatoms. The van der Waals surface area contributed by atoms with Crippen molar-refractivity contribution >= 4 is 25.7 Å². The van der Waals surface area contributed by atoms with Crippen LogP contribution in [0.4, 0.5) is 0 Å². The van der Waals surface area contributed by atoms with Gasteiger partial charge in [-0.1, -0.05) is 196 Å². The number of hydrogen-bond acceptors (Lipinski definition) is 10. The number of hydrogen-bond donors (Lipinski definition) is 2. The summed E-state index contributed by atoms with van der Waals surface area (Å²) in [5, 5.41) is 9.75. The predicted molar refractivity (Wildman–Crippen MR) is 279 cm³/mol. The van der Waals surface area contributed by atoms with E-state index in [-0.39, 0.29) is 25.9 Å². The number of phosphoric ester groups is 1. The Hall–Kier alpha value is -3.08. The fraction of sp³-hybridized carbons (Fsp3) is 0.732. The number of aliphatic hydroxyl groups excluding tert-OH is 1. The highest BCUT2D eigenvalue weighted by Crippen LogP contribution is 2.43. The maximum absolute atomic E-state index is 12.9. The number of ether oxygens (including phenoxy) is 3. The fourth-order valence-corrected chi connectivity index (χ4v) is 7.87. The van der Waals surface area contributed by atoms with Gasteiger partial charge in [0, 0.05) is 19.3 Å². The first-order valence-electron chi connectivity index (χ1n) is 26.8. The lowest BCUT2D eigenvalue weighted by molar-refractivity contribution is -0.161. The molecule has 11 nitrogen and oxygen atoms in total. The first-order chi connectivity index (χ1) is 33.2. The molecule has 3 atom stereocenters. The molecule has 392 valence electrons. The Kier molecular flexibility index (Phi) is 48.0. The summed E-state index contributed by atoms with van der Waals surface area (Å²) in [5.41, 5.74) is 0. The molecular weight excluding hydrogens is 880 g/mol. The van der Waals surface area contributed by atoms with E-state index in [4.69, 9.17) is 23.3 Å². The minimum Gasteiger partial charge on any atom is -0.462 e. The Balaban J connectivity index is 4.77. The van der Waals surface area contributed by atoms with Crippen LogP contribution in [0.25, 0.3) is 0 Å². The average molecular weight is 977 g/mol. The third-order valence-corrected chi connectivity index (χ3v) is 12.1. The van der Waals surface area contributed by atoms with E-state index in [9.17, 15) is 28.9 Å². The van der Waals surface area contributed by atoms with Crippen molar-refractivity contribution in [2.75, 3.05) is 26.4 Å². The smallest absolute Gasteiger partial charge is 0.462 e. The molecule has 0 saturated heterocycles. The molecular formula is C56H97O11P. The molecule has 0 fully saturated rings. The summed E-state index contributed by atoms with van der Waals surface area (Å²) in [6.07, 6.45) is 54.4. The number of aliphatic hydroxyl groups is 1. The maximum atomic E-state index is 12.9. The molecule has 0 aromatic rings. The summed E-state index contributed by atoms with van der Waals surface area (Å²) in [4.78, 5) is 48.3. The van der Waals surface area contributed by atoms with Gasteiger partial charge >= 0.3 is 25.7 Å². The molecule has 0 rings (SSSR count). The van der Waals surface area contributed by atoms with Crippen molar-refractivity contribution in [3.8, 4) is 0 Å². The predicted octanol–water partition coefficient (Wildman–Crippen LogP) is 15.4. The van der Waals surface area contributed by atoms with Crippen LogP contribution >= 0.6 is 7.82 Å². The van der Waals surface area contributed by atoms with E-state index in [2.05, 4.69) is 93.7 Å². The molecule has 0 bridgehead atoms. The quantitative estimate of drug-likeness (QED) is 0.0197. The van der Waals surface area contributed by atoms with Gasteiger partial charge in [0.15, 0.2) is 6.10 Å². The lowest BCUT2D eigenvalue weighted by Gasteiger charge is -2.21. The van der Waals surface area contributed by atoms with Crippen LogP contribution in [0.2, 0.25) is 0 Å². The Labute approximate surface area is 414 Å². The second kappa shape index (κ2) is 50.3. The van der Waals surface area contributed by atoms with Crippen molar-refractivity contribution < 1.29 is 52.2 Å². The van der Waals surface area contributed by atoms with Crippen molar-refractivity contribution in [2.24, 2.45) is 0 Å². The molecule has 0 aliphatic carbocycles. The monoisotopic (exact) mass is 977 g/mol. The number of rotatable bonds is 49. The van der Waals surface area contributed by atoms with Crippen LogP contribution in [0.1, 0.15) is 226 Å². The zero-order chi connectivity index (χ0) is 49.9. The van der Waals surface area contributed by atoms with Crippen LogP contribution in [0.5, 0.6) is 0 Å². The van der Waals surface area contributed by atoms with E-state index >= 15 is 0 Å². The summed E-state index contributed by atoms with van der Waals surface area (Å²) in [5.74, 6) is -1.50. The van der Waals surface area contributed by atoms with E-state index in [1.54, 1.807) is 0 Å². The van der Waals surface area contributed by atoms with E-state index in [1.807, 2.05) is 0 Å². The van der Waals surface area contributed by atoms with Gasteiger partial charge in [0.05, 0.1) is 19.8 Å². The Morgan fingerprint density at radius 2 is 0.765 bits per heavy atom. The zero-order valence-electron chi connectivity index (χ0n) is 43.1. The highest BCUT2D eigenvalue weighted by molar-refractivity contribution is 7.47. The third-order valence-electron chi connectivity index (χ3n) is 11.1. The molecule has 2 N–H and O–H groups in total. The van der Waals surface area contributed by atoms with Crippen molar-refractivity contribution in [1.82, 2.24) is 0 Å². The van der Waals surface area contributed by atoms with Gasteiger partial charge in [-0.25, -0.2) is 4.57 Å². The highest BCUT2D eigenvalue weighted by Gasteiger charge is 2.28. The van der Waals surface area contributed by atoms with Crippen molar-refractivity contribution in [3.05, 3.63) is 72.9 Å². The van der Waals surface area contributed by atoms with E-state index < -0.39 is 57.8 Å². The normalized spacial score (nSPS) is 14.0. The van der Waals surface area contributed by atoms with Gasteiger partial charge < -0.3 is 24.2 Å². The maximum Gasteiger partial charge on any atom is 0.472 e. The van der Waals surface area contributed by atoms with Crippen LogP contribution in [-0.4, -0.2) is 66.5 Å². The molecule has 0 aliphatic rings. The molecule has 0 aromatic carbocycles. The summed E-state index contributed by atoms with van der Waals surface area (Å²) in [7, 11) is -4.75. The van der Waals surface area contributed by atoms with Gasteiger partial charge in [0.2, 0.25) is 0 Å². The van der Waals surface area contributed by atoms with E-state index in [0.717, 1.165) is 122 Å². The minimum atomic E-state index is -4.75. The number of unbranched alkanes of at least 4 members (excludes halogenated alkanes) is 20. The first kappa shape index (κ1) is 64.9. The summed E-state index contributed by atoms with van der Waals surface area (Å²) in [6, 6.07) is 0. The van der Waals surface area contributed by atoms with Crippen molar-refractivity contribution in [2.45, 2.75) is 238 Å². The van der Waals surface area contributed by atoms with E-state index in [1.165, 1.54) is 44.9 Å². The van der Waals surface area contributed by atoms with Crippen LogP contribution in [-0.2, 0) is 42.2 Å². The molecule has 0 aliphatic heterocycles. The van der Waals surface area contributed by atoms with Crippen LogP contribution < -0.4 is 0 Å². The lowest BCUT2D eigenvalue weighted by atomic mass is 10.1. The molecule has 3 unspecified atom stereocenters. The zero-order valence-corrected chi connectivity index (χ0v) is 43.9. The van der Waals surface area contributed by atoms with Crippen molar-refractivity contribution in [1.29, 1.82) is 0 Å². The van der Waals surface area contributed by atoms with Gasteiger partial charge in [-0.3, -0.25) is 23.4 Å². The Bertz CT molecular complexity index is 1420.